The maximum Gasteiger partial charge on any atom is 0.0391 e. The third-order valence-corrected chi connectivity index (χ3v) is 4.07. The second kappa shape index (κ2) is 3.43. The molecule has 0 aromatic carbocycles. The van der Waals surface area contributed by atoms with Gasteiger partial charge in [0.15, 0.2) is 0 Å². The van der Waals surface area contributed by atoms with Crippen molar-refractivity contribution >= 4 is 11.3 Å². The van der Waals surface area contributed by atoms with E-state index in [0.717, 1.165) is 12.0 Å². The summed E-state index contributed by atoms with van der Waals surface area (Å²) in [5.74, 6) is 0.891. The van der Waals surface area contributed by atoms with Gasteiger partial charge in [0.25, 0.3) is 0 Å². The molecule has 3 atom stereocenters. The third-order valence-electron chi connectivity index (χ3n) is 2.87. The fourth-order valence-corrected chi connectivity index (χ4v) is 2.72. The Morgan fingerprint density at radius 2 is 2.31 bits per heavy atom. The molecule has 3 unspecified atom stereocenters. The summed E-state index contributed by atoms with van der Waals surface area (Å²) >= 11 is 1.87. The molecule has 1 fully saturated rings. The number of hydrogen-bond donors (Lipinski definition) is 1. The zero-order valence-electron chi connectivity index (χ0n) is 8.50. The molecule has 1 saturated carbocycles. The van der Waals surface area contributed by atoms with Crippen LogP contribution >= 0.6 is 11.3 Å². The van der Waals surface area contributed by atoms with Crippen LogP contribution in [0.2, 0.25) is 0 Å². The van der Waals surface area contributed by atoms with Crippen LogP contribution in [-0.2, 0) is 0 Å². The molecular formula is C11H17NS. The summed E-state index contributed by atoms with van der Waals surface area (Å²) in [6.07, 6.45) is 1.36. The van der Waals surface area contributed by atoms with Crippen LogP contribution in [0.3, 0.4) is 0 Å². The van der Waals surface area contributed by atoms with E-state index < -0.39 is 0 Å². The Morgan fingerprint density at radius 1 is 1.62 bits per heavy atom. The van der Waals surface area contributed by atoms with Crippen LogP contribution in [0.25, 0.3) is 0 Å². The molecule has 0 spiro atoms. The molecule has 0 saturated heterocycles. The van der Waals surface area contributed by atoms with E-state index >= 15 is 0 Å². The van der Waals surface area contributed by atoms with E-state index in [2.05, 4.69) is 37.5 Å². The van der Waals surface area contributed by atoms with Crippen molar-refractivity contribution < 1.29 is 0 Å². The summed E-state index contributed by atoms with van der Waals surface area (Å²) in [4.78, 5) is 1.50. The minimum atomic E-state index is 0.537. The molecule has 72 valence electrons. The quantitative estimate of drug-likeness (QED) is 0.781. The Balaban J connectivity index is 1.97. The SMILES string of the molecule is Cc1ccsc1C(C)NC1CC1C. The molecule has 0 radical (unpaired) electrons. The van der Waals surface area contributed by atoms with Crippen molar-refractivity contribution in [1.82, 2.24) is 5.32 Å². The topological polar surface area (TPSA) is 12.0 Å². The molecule has 1 aromatic heterocycles. The minimum Gasteiger partial charge on any atom is -0.306 e. The molecule has 1 aromatic rings. The van der Waals surface area contributed by atoms with Crippen LogP contribution in [-0.4, -0.2) is 6.04 Å². The smallest absolute Gasteiger partial charge is 0.0391 e. The van der Waals surface area contributed by atoms with Crippen LogP contribution < -0.4 is 5.32 Å². The zero-order valence-corrected chi connectivity index (χ0v) is 9.32. The van der Waals surface area contributed by atoms with Crippen LogP contribution in [0.1, 0.15) is 36.8 Å². The van der Waals surface area contributed by atoms with E-state index in [1.165, 1.54) is 16.9 Å². The molecule has 1 aliphatic carbocycles. The van der Waals surface area contributed by atoms with Gasteiger partial charge in [-0.3, -0.25) is 0 Å². The van der Waals surface area contributed by atoms with Gasteiger partial charge in [-0.05, 0) is 43.2 Å². The number of nitrogens with one attached hydrogen (secondary N) is 1. The monoisotopic (exact) mass is 195 g/mol. The minimum absolute atomic E-state index is 0.537. The highest BCUT2D eigenvalue weighted by Crippen LogP contribution is 2.33. The molecule has 1 heterocycles. The Morgan fingerprint density at radius 3 is 2.77 bits per heavy atom. The fraction of sp³-hybridized carbons (Fsp3) is 0.636. The van der Waals surface area contributed by atoms with Crippen molar-refractivity contribution in [2.24, 2.45) is 5.92 Å². The molecule has 0 aliphatic heterocycles. The predicted octanol–water partition coefficient (Wildman–Crippen LogP) is 3.12. The van der Waals surface area contributed by atoms with E-state index in [1.54, 1.807) is 0 Å². The first-order chi connectivity index (χ1) is 6.18. The molecular weight excluding hydrogens is 178 g/mol. The molecule has 2 heteroatoms. The lowest BCUT2D eigenvalue weighted by Gasteiger charge is -2.12. The summed E-state index contributed by atoms with van der Waals surface area (Å²) in [5.41, 5.74) is 1.43. The summed E-state index contributed by atoms with van der Waals surface area (Å²) in [7, 11) is 0. The lowest BCUT2D eigenvalue weighted by atomic mass is 10.2. The second-order valence-corrected chi connectivity index (χ2v) is 5.12. The van der Waals surface area contributed by atoms with Crippen LogP contribution in [0.4, 0.5) is 0 Å². The highest BCUT2D eigenvalue weighted by Gasteiger charge is 2.33. The van der Waals surface area contributed by atoms with Gasteiger partial charge in [0, 0.05) is 17.0 Å². The van der Waals surface area contributed by atoms with Crippen molar-refractivity contribution in [2.75, 3.05) is 0 Å². The van der Waals surface area contributed by atoms with Gasteiger partial charge in [-0.25, -0.2) is 0 Å². The van der Waals surface area contributed by atoms with Crippen molar-refractivity contribution in [1.29, 1.82) is 0 Å². The van der Waals surface area contributed by atoms with E-state index in [-0.39, 0.29) is 0 Å². The van der Waals surface area contributed by atoms with Crippen LogP contribution in [0.5, 0.6) is 0 Å². The number of rotatable bonds is 3. The summed E-state index contributed by atoms with van der Waals surface area (Å²) in [6.45, 7) is 6.77. The maximum atomic E-state index is 3.66. The van der Waals surface area contributed by atoms with E-state index in [1.807, 2.05) is 11.3 Å². The maximum absolute atomic E-state index is 3.66. The Bertz CT molecular complexity index is 292. The first kappa shape index (κ1) is 9.22. The first-order valence-corrected chi connectivity index (χ1v) is 5.86. The lowest BCUT2D eigenvalue weighted by molar-refractivity contribution is 0.557. The number of aryl methyl sites for hydroxylation is 1. The Hall–Kier alpha value is -0.340. The summed E-state index contributed by atoms with van der Waals surface area (Å²) in [6, 6.07) is 3.51. The lowest BCUT2D eigenvalue weighted by Crippen LogP contribution is -2.21. The standard InChI is InChI=1S/C11H17NS/c1-7-4-5-13-11(7)9(3)12-10-6-8(10)2/h4-5,8-10,12H,6H2,1-3H3. The molecule has 2 rings (SSSR count). The van der Waals surface area contributed by atoms with Gasteiger partial charge in [0.1, 0.15) is 0 Å². The highest BCUT2D eigenvalue weighted by atomic mass is 32.1. The van der Waals surface area contributed by atoms with Crippen LogP contribution in [0.15, 0.2) is 11.4 Å². The Kier molecular flexibility index (Phi) is 2.43. The molecule has 13 heavy (non-hydrogen) atoms. The average molecular weight is 195 g/mol. The molecule has 0 bridgehead atoms. The number of hydrogen-bond acceptors (Lipinski definition) is 2. The van der Waals surface area contributed by atoms with E-state index in [0.29, 0.717) is 6.04 Å². The molecule has 1 nitrogen and oxygen atoms in total. The van der Waals surface area contributed by atoms with Gasteiger partial charge >= 0.3 is 0 Å². The third kappa shape index (κ3) is 1.94. The van der Waals surface area contributed by atoms with Crippen LogP contribution in [0, 0.1) is 12.8 Å². The average Bonchev–Trinajstić information content (AvgIpc) is 2.62. The fourth-order valence-electron chi connectivity index (χ4n) is 1.78. The van der Waals surface area contributed by atoms with Crippen molar-refractivity contribution in [3.63, 3.8) is 0 Å². The van der Waals surface area contributed by atoms with Gasteiger partial charge in [-0.15, -0.1) is 11.3 Å². The van der Waals surface area contributed by atoms with E-state index in [9.17, 15) is 0 Å². The normalized spacial score (nSPS) is 28.8. The van der Waals surface area contributed by atoms with Gasteiger partial charge < -0.3 is 5.32 Å². The van der Waals surface area contributed by atoms with Crippen molar-refractivity contribution in [3.8, 4) is 0 Å². The van der Waals surface area contributed by atoms with E-state index in [4.69, 9.17) is 0 Å². The Labute approximate surface area is 84.2 Å². The second-order valence-electron chi connectivity index (χ2n) is 4.18. The van der Waals surface area contributed by atoms with Crippen molar-refractivity contribution in [3.05, 3.63) is 21.9 Å². The number of thiophene rings is 1. The first-order valence-electron chi connectivity index (χ1n) is 4.98. The zero-order chi connectivity index (χ0) is 9.42. The molecule has 0 amide bonds. The van der Waals surface area contributed by atoms with Crippen molar-refractivity contribution in [2.45, 2.75) is 39.3 Å². The van der Waals surface area contributed by atoms with Gasteiger partial charge in [0.2, 0.25) is 0 Å². The van der Waals surface area contributed by atoms with Gasteiger partial charge in [0.05, 0.1) is 0 Å². The molecule has 1 aliphatic rings. The molecule has 1 N–H and O–H groups in total. The largest absolute Gasteiger partial charge is 0.306 e. The highest BCUT2D eigenvalue weighted by molar-refractivity contribution is 7.10. The van der Waals surface area contributed by atoms with Gasteiger partial charge in [-0.2, -0.15) is 0 Å². The van der Waals surface area contributed by atoms with Gasteiger partial charge in [-0.1, -0.05) is 6.92 Å². The summed E-state index contributed by atoms with van der Waals surface area (Å²) < 4.78 is 0. The predicted molar refractivity (Wildman–Crippen MR) is 58.2 cm³/mol. The summed E-state index contributed by atoms with van der Waals surface area (Å²) in [5, 5.41) is 5.84.